The molecule has 2 aromatic rings. The summed E-state index contributed by atoms with van der Waals surface area (Å²) >= 11 is 6.24. The molecule has 4 N–H and O–H groups in total. The van der Waals surface area contributed by atoms with E-state index in [1.54, 1.807) is 0 Å². The third kappa shape index (κ3) is 4.27. The maximum absolute atomic E-state index is 13.2. The van der Waals surface area contributed by atoms with Crippen LogP contribution in [0.2, 0.25) is 5.02 Å². The highest BCUT2D eigenvalue weighted by Gasteiger charge is 2.34. The summed E-state index contributed by atoms with van der Waals surface area (Å²) in [5.41, 5.74) is 12.8. The van der Waals surface area contributed by atoms with Crippen LogP contribution in [0.4, 0.5) is 0 Å². The van der Waals surface area contributed by atoms with Crippen molar-refractivity contribution >= 4 is 29.3 Å². The number of nitrogens with two attached hydrogens (primary N) is 2. The molecule has 152 valence electrons. The number of hydrogen-bond donors (Lipinski definition) is 2. The number of ether oxygens (including phenoxy) is 2. The van der Waals surface area contributed by atoms with Gasteiger partial charge in [0.05, 0.1) is 12.1 Å². The monoisotopic (exact) mass is 417 g/mol. The predicted molar refractivity (Wildman–Crippen MR) is 106 cm³/mol. The third-order valence-corrected chi connectivity index (χ3v) is 4.95. The van der Waals surface area contributed by atoms with Crippen molar-refractivity contribution in [3.63, 3.8) is 0 Å². The van der Waals surface area contributed by atoms with Crippen molar-refractivity contribution in [2.24, 2.45) is 11.5 Å². The van der Waals surface area contributed by atoms with Crippen molar-refractivity contribution in [2.75, 3.05) is 13.7 Å². The van der Waals surface area contributed by atoms with E-state index in [4.69, 9.17) is 32.5 Å². The molecule has 3 rings (SSSR count). The Balaban J connectivity index is 1.95. The van der Waals surface area contributed by atoms with Crippen LogP contribution in [0, 0.1) is 0 Å². The van der Waals surface area contributed by atoms with E-state index < -0.39 is 30.4 Å². The van der Waals surface area contributed by atoms with E-state index in [0.717, 1.165) is 11.1 Å². The lowest BCUT2D eigenvalue weighted by Crippen LogP contribution is -2.51. The van der Waals surface area contributed by atoms with Gasteiger partial charge in [0.1, 0.15) is 6.04 Å². The van der Waals surface area contributed by atoms with Gasteiger partial charge in [-0.2, -0.15) is 0 Å². The normalized spacial score (nSPS) is 15.4. The number of fused-ring (bicyclic) bond motifs is 1. The number of benzene rings is 2. The average molecular weight is 418 g/mol. The molecule has 0 aliphatic carbocycles. The first-order chi connectivity index (χ1) is 13.8. The lowest BCUT2D eigenvalue weighted by atomic mass is 9.93. The van der Waals surface area contributed by atoms with Gasteiger partial charge in [-0.1, -0.05) is 35.9 Å². The standard InChI is InChI=1S/C20H20ClN3O5/c1-28-16-8-13(6-14(21)18(16)29-10-17(22)25)20(27)24-9-12-5-3-2-4-11(12)7-15(24)19(23)26/h2-6,8,15H,7,9-10H2,1H3,(H2,22,25)(H2,23,26). The van der Waals surface area contributed by atoms with E-state index in [9.17, 15) is 14.4 Å². The molecule has 1 heterocycles. The number of carbonyl (C=O) groups is 3. The van der Waals surface area contributed by atoms with Crippen molar-refractivity contribution in [2.45, 2.75) is 19.0 Å². The second-order valence-corrected chi connectivity index (χ2v) is 6.98. The fourth-order valence-corrected chi connectivity index (χ4v) is 3.55. The van der Waals surface area contributed by atoms with Crippen molar-refractivity contribution in [3.8, 4) is 11.5 Å². The number of carbonyl (C=O) groups excluding carboxylic acids is 3. The lowest BCUT2D eigenvalue weighted by molar-refractivity contribution is -0.123. The van der Waals surface area contributed by atoms with Gasteiger partial charge in [0.25, 0.3) is 11.8 Å². The minimum Gasteiger partial charge on any atom is -0.493 e. The SMILES string of the molecule is COc1cc(C(=O)N2Cc3ccccc3CC2C(N)=O)cc(Cl)c1OCC(N)=O. The van der Waals surface area contributed by atoms with Crippen LogP contribution in [-0.4, -0.2) is 42.4 Å². The van der Waals surface area contributed by atoms with E-state index in [2.05, 4.69) is 0 Å². The van der Waals surface area contributed by atoms with E-state index in [1.807, 2.05) is 24.3 Å². The fourth-order valence-electron chi connectivity index (χ4n) is 3.28. The second kappa shape index (κ2) is 8.40. The molecule has 1 atom stereocenters. The number of amides is 3. The van der Waals surface area contributed by atoms with Crippen LogP contribution in [0.25, 0.3) is 0 Å². The molecule has 1 unspecified atom stereocenters. The average Bonchev–Trinajstić information content (AvgIpc) is 2.70. The minimum atomic E-state index is -0.784. The molecule has 1 aliphatic heterocycles. The Morgan fingerprint density at radius 2 is 1.86 bits per heavy atom. The first-order valence-electron chi connectivity index (χ1n) is 8.77. The van der Waals surface area contributed by atoms with E-state index >= 15 is 0 Å². The second-order valence-electron chi connectivity index (χ2n) is 6.57. The third-order valence-electron chi connectivity index (χ3n) is 4.67. The number of halogens is 1. The molecule has 9 heteroatoms. The van der Waals surface area contributed by atoms with Gasteiger partial charge in [-0.05, 0) is 23.3 Å². The molecule has 0 fully saturated rings. The molecule has 0 bridgehead atoms. The molecule has 0 saturated carbocycles. The Kier molecular flexibility index (Phi) is 5.93. The number of nitrogens with zero attached hydrogens (tertiary/aromatic N) is 1. The maximum Gasteiger partial charge on any atom is 0.255 e. The molecule has 0 saturated heterocycles. The molecule has 29 heavy (non-hydrogen) atoms. The number of methoxy groups -OCH3 is 1. The molecule has 0 radical (unpaired) electrons. The zero-order valence-corrected chi connectivity index (χ0v) is 16.4. The Morgan fingerprint density at radius 1 is 1.17 bits per heavy atom. The molecule has 0 aromatic heterocycles. The quantitative estimate of drug-likeness (QED) is 0.732. The lowest BCUT2D eigenvalue weighted by Gasteiger charge is -2.35. The van der Waals surface area contributed by atoms with E-state index in [-0.39, 0.29) is 28.6 Å². The predicted octanol–water partition coefficient (Wildman–Crippen LogP) is 1.27. The summed E-state index contributed by atoms with van der Waals surface area (Å²) in [5.74, 6) is -1.44. The fraction of sp³-hybridized carbons (Fsp3) is 0.250. The van der Waals surface area contributed by atoms with Gasteiger partial charge in [-0.3, -0.25) is 14.4 Å². The van der Waals surface area contributed by atoms with Gasteiger partial charge in [-0.25, -0.2) is 0 Å². The van der Waals surface area contributed by atoms with Crippen LogP contribution in [0.3, 0.4) is 0 Å². The molecular weight excluding hydrogens is 398 g/mol. The number of hydrogen-bond acceptors (Lipinski definition) is 5. The largest absolute Gasteiger partial charge is 0.493 e. The van der Waals surface area contributed by atoms with Gasteiger partial charge in [0, 0.05) is 18.5 Å². The van der Waals surface area contributed by atoms with Crippen molar-refractivity contribution < 1.29 is 23.9 Å². The van der Waals surface area contributed by atoms with Crippen molar-refractivity contribution in [1.82, 2.24) is 4.90 Å². The molecule has 3 amide bonds. The summed E-state index contributed by atoms with van der Waals surface area (Å²) in [6.45, 7) is -0.154. The molecular formula is C20H20ClN3O5. The van der Waals surface area contributed by atoms with Crippen LogP contribution >= 0.6 is 11.6 Å². The maximum atomic E-state index is 13.2. The highest BCUT2D eigenvalue weighted by Crippen LogP contribution is 2.37. The smallest absolute Gasteiger partial charge is 0.255 e. The van der Waals surface area contributed by atoms with Gasteiger partial charge in [-0.15, -0.1) is 0 Å². The minimum absolute atomic E-state index is 0.0713. The van der Waals surface area contributed by atoms with Crippen LogP contribution in [0.5, 0.6) is 11.5 Å². The zero-order chi connectivity index (χ0) is 21.1. The Hall–Kier alpha value is -3.26. The van der Waals surface area contributed by atoms with Crippen LogP contribution in [0.1, 0.15) is 21.5 Å². The molecule has 1 aliphatic rings. The number of primary amides is 2. The van der Waals surface area contributed by atoms with Crippen LogP contribution in [-0.2, 0) is 22.6 Å². The van der Waals surface area contributed by atoms with Crippen LogP contribution in [0.15, 0.2) is 36.4 Å². The van der Waals surface area contributed by atoms with E-state index in [1.165, 1.54) is 24.1 Å². The Morgan fingerprint density at radius 3 is 2.48 bits per heavy atom. The first-order valence-corrected chi connectivity index (χ1v) is 9.15. The van der Waals surface area contributed by atoms with Crippen molar-refractivity contribution in [3.05, 3.63) is 58.1 Å². The summed E-state index contributed by atoms with van der Waals surface area (Å²) in [6, 6.07) is 9.61. The molecule has 2 aromatic carbocycles. The summed E-state index contributed by atoms with van der Waals surface area (Å²) < 4.78 is 10.5. The van der Waals surface area contributed by atoms with Crippen molar-refractivity contribution in [1.29, 1.82) is 0 Å². The summed E-state index contributed by atoms with van der Waals surface area (Å²) in [6.07, 6.45) is 0.335. The summed E-state index contributed by atoms with van der Waals surface area (Å²) in [5, 5.41) is 0.0713. The topological polar surface area (TPSA) is 125 Å². The highest BCUT2D eigenvalue weighted by atomic mass is 35.5. The summed E-state index contributed by atoms with van der Waals surface area (Å²) in [4.78, 5) is 37.6. The van der Waals surface area contributed by atoms with Gasteiger partial charge in [0.2, 0.25) is 5.91 Å². The zero-order valence-electron chi connectivity index (χ0n) is 15.7. The highest BCUT2D eigenvalue weighted by molar-refractivity contribution is 6.32. The Labute approximate surface area is 172 Å². The summed E-state index contributed by atoms with van der Waals surface area (Å²) in [7, 11) is 1.38. The van der Waals surface area contributed by atoms with E-state index in [0.29, 0.717) is 6.42 Å². The molecule has 8 nitrogen and oxygen atoms in total. The van der Waals surface area contributed by atoms with Gasteiger partial charge in [0.15, 0.2) is 18.1 Å². The first kappa shape index (κ1) is 20.5. The number of rotatable bonds is 6. The van der Waals surface area contributed by atoms with Gasteiger partial charge < -0.3 is 25.8 Å². The molecule has 0 spiro atoms. The Bertz CT molecular complexity index is 979. The van der Waals surface area contributed by atoms with Crippen LogP contribution < -0.4 is 20.9 Å². The van der Waals surface area contributed by atoms with Gasteiger partial charge >= 0.3 is 0 Å².